The van der Waals surface area contributed by atoms with Crippen LogP contribution in [0.2, 0.25) is 0 Å². The molecule has 0 spiro atoms. The number of para-hydroxylation sites is 9. The first-order chi connectivity index (χ1) is 59.0. The van der Waals surface area contributed by atoms with Crippen LogP contribution in [-0.2, 0) is 0 Å². The molecule has 0 aliphatic heterocycles. The monoisotopic (exact) mass is 1520 g/mol. The summed E-state index contributed by atoms with van der Waals surface area (Å²) in [5.41, 5.74) is 25.1. The van der Waals surface area contributed by atoms with Gasteiger partial charge in [-0.3, -0.25) is 0 Å². The van der Waals surface area contributed by atoms with Crippen molar-refractivity contribution in [2.45, 2.75) is 0 Å². The molecule has 0 aliphatic rings. The Morgan fingerprint density at radius 1 is 0.143 bits per heavy atom. The smallest absolute Gasteiger partial charge is 0.159 e. The largest absolute Gasteiger partial charge is 0.455 e. The molecular formula is C112H74N4O3. The molecule has 0 bridgehead atoms. The molecule has 0 amide bonds. The maximum Gasteiger partial charge on any atom is 0.159 e. The summed E-state index contributed by atoms with van der Waals surface area (Å²) in [7, 11) is 0. The Kier molecular flexibility index (Phi) is 17.4. The van der Waals surface area contributed by atoms with Gasteiger partial charge in [-0.15, -0.1) is 0 Å². The Morgan fingerprint density at radius 3 is 0.891 bits per heavy atom. The van der Waals surface area contributed by atoms with Gasteiger partial charge in [-0.25, -0.2) is 0 Å². The molecule has 0 saturated heterocycles. The average molecular weight is 1520 g/mol. The van der Waals surface area contributed by atoms with Crippen LogP contribution in [0.15, 0.2) is 462 Å². The molecule has 3 heterocycles. The van der Waals surface area contributed by atoms with E-state index >= 15 is 0 Å². The lowest BCUT2D eigenvalue weighted by atomic mass is 9.95. The van der Waals surface area contributed by atoms with Crippen LogP contribution in [0, 0.1) is 0 Å². The lowest BCUT2D eigenvalue weighted by molar-refractivity contribution is 0.669. The first-order valence-corrected chi connectivity index (χ1v) is 40.4. The van der Waals surface area contributed by atoms with Crippen LogP contribution >= 0.6 is 0 Å². The average Bonchev–Trinajstić information content (AvgIpc) is 1.61. The molecule has 119 heavy (non-hydrogen) atoms. The van der Waals surface area contributed by atoms with Gasteiger partial charge in [0.05, 0.1) is 11.4 Å². The maximum atomic E-state index is 6.92. The topological polar surface area (TPSA) is 52.4 Å². The second-order valence-corrected chi connectivity index (χ2v) is 30.2. The first-order valence-electron chi connectivity index (χ1n) is 40.4. The van der Waals surface area contributed by atoms with Crippen LogP contribution < -0.4 is 19.6 Å². The van der Waals surface area contributed by atoms with Gasteiger partial charge in [0, 0.05) is 106 Å². The minimum atomic E-state index is 0.864. The van der Waals surface area contributed by atoms with E-state index in [-0.39, 0.29) is 0 Å². The molecule has 23 rings (SSSR count). The summed E-state index contributed by atoms with van der Waals surface area (Å²) in [5, 5.41) is 16.0. The molecule has 0 saturated carbocycles. The number of benzene rings is 20. The predicted octanol–water partition coefficient (Wildman–Crippen LogP) is 32.6. The van der Waals surface area contributed by atoms with Gasteiger partial charge in [-0.05, 0) is 236 Å². The fourth-order valence-electron chi connectivity index (χ4n) is 17.8. The predicted molar refractivity (Wildman–Crippen MR) is 500 cm³/mol. The lowest BCUT2D eigenvalue weighted by Crippen LogP contribution is -2.11. The number of hydrogen-bond acceptors (Lipinski definition) is 7. The normalized spacial score (nSPS) is 11.5. The third kappa shape index (κ3) is 12.5. The summed E-state index contributed by atoms with van der Waals surface area (Å²) in [6, 6.07) is 159. The van der Waals surface area contributed by atoms with Crippen molar-refractivity contribution in [1.82, 2.24) is 0 Å². The molecule has 3 aromatic heterocycles. The molecule has 20 aromatic carbocycles. The minimum Gasteiger partial charge on any atom is -0.455 e. The molecule has 560 valence electrons. The molecule has 0 radical (unpaired) electrons. The maximum absolute atomic E-state index is 6.92. The zero-order valence-electron chi connectivity index (χ0n) is 64.7. The third-order valence-electron chi connectivity index (χ3n) is 23.2. The second-order valence-electron chi connectivity index (χ2n) is 30.2. The third-order valence-corrected chi connectivity index (χ3v) is 23.2. The summed E-state index contributed by atoms with van der Waals surface area (Å²) in [4.78, 5) is 9.25. The molecule has 0 unspecified atom stereocenters. The molecule has 23 aromatic rings. The van der Waals surface area contributed by atoms with E-state index in [9.17, 15) is 0 Å². The Hall–Kier alpha value is -16.0. The second kappa shape index (κ2) is 29.8. The van der Waals surface area contributed by atoms with E-state index in [1.807, 2.05) is 12.1 Å². The summed E-state index contributed by atoms with van der Waals surface area (Å²) in [6.45, 7) is 0. The number of fused-ring (bicyclic) bond motifs is 19. The van der Waals surface area contributed by atoms with Gasteiger partial charge in [0.25, 0.3) is 0 Å². The van der Waals surface area contributed by atoms with Crippen LogP contribution in [0.4, 0.5) is 68.2 Å². The molecule has 0 N–H and O–H groups in total. The van der Waals surface area contributed by atoms with Crippen LogP contribution in [0.1, 0.15) is 0 Å². The van der Waals surface area contributed by atoms with E-state index in [0.29, 0.717) is 0 Å². The Balaban J connectivity index is 0.000000143. The van der Waals surface area contributed by atoms with Gasteiger partial charge in [-0.2, -0.15) is 0 Å². The molecule has 0 atom stereocenters. The van der Waals surface area contributed by atoms with Gasteiger partial charge < -0.3 is 32.9 Å². The van der Waals surface area contributed by atoms with Crippen molar-refractivity contribution in [3.63, 3.8) is 0 Å². The molecule has 7 nitrogen and oxygen atoms in total. The first kappa shape index (κ1) is 69.7. The number of anilines is 12. The van der Waals surface area contributed by atoms with Crippen molar-refractivity contribution in [2.24, 2.45) is 0 Å². The number of furan rings is 3. The standard InChI is InChI=1S/C56H36N2O2.C56H38N2O/c1-4-15-39(16-5-1)57(40-17-6-2-7-18-40)43-32-34-48-50(36-43)44-21-10-11-23-46(44)54-49-33-29-38(35-53(49)60-56(48)54)37-27-30-42(31-28-37)58(41-19-8-3-9-20-41)51-25-14-24-47-45-22-12-13-26-52(45)59-55(47)51;1-5-17-40(18-6-1)47-25-15-16-28-53(47)58(44-23-11-4-12-24-44)45-32-29-39(30-33-45)41-31-35-51-54(37-41)59-56-50-36-34-46(38-52(50)48-26-13-14-27-49(48)55(51)56)57(42-19-7-2-8-20-42)43-21-9-3-10-22-43/h1-36H;1-38H. The fourth-order valence-corrected chi connectivity index (χ4v) is 17.8. The minimum absolute atomic E-state index is 0.864. The summed E-state index contributed by atoms with van der Waals surface area (Å²) in [5.74, 6) is 0. The molecule has 7 heteroatoms. The highest BCUT2D eigenvalue weighted by Gasteiger charge is 2.25. The van der Waals surface area contributed by atoms with E-state index < -0.39 is 0 Å². The Labute approximate surface area is 687 Å². The Morgan fingerprint density at radius 2 is 0.445 bits per heavy atom. The SMILES string of the molecule is c1ccc(-c2ccccc2N(c2ccccc2)c2ccc(-c3ccc4c(c3)oc3c5ccc(N(c6ccccc6)c6ccccc6)cc5c5ccccc5c43)cc2)cc1.c1ccc(N(c2ccccc2)c2ccc3c(c2)c2ccccc2c2c4ccc(-c5ccc(N(c6ccccc6)c6cccc7c6oc6ccccc67)cc5)cc4oc32)cc1. The van der Waals surface area contributed by atoms with Crippen molar-refractivity contribution in [1.29, 1.82) is 0 Å². The molecule has 0 fully saturated rings. The molecule has 0 aliphatic carbocycles. The van der Waals surface area contributed by atoms with Crippen LogP contribution in [0.3, 0.4) is 0 Å². The van der Waals surface area contributed by atoms with Crippen LogP contribution in [0.25, 0.3) is 142 Å². The van der Waals surface area contributed by atoms with Crippen molar-refractivity contribution in [2.75, 3.05) is 19.6 Å². The van der Waals surface area contributed by atoms with Gasteiger partial charge >= 0.3 is 0 Å². The van der Waals surface area contributed by atoms with Crippen molar-refractivity contribution in [3.8, 4) is 33.4 Å². The van der Waals surface area contributed by atoms with E-state index in [0.717, 1.165) is 178 Å². The van der Waals surface area contributed by atoms with Gasteiger partial charge in [0.2, 0.25) is 0 Å². The summed E-state index contributed by atoms with van der Waals surface area (Å²) < 4.78 is 20.4. The number of nitrogens with zero attached hydrogens (tertiary/aromatic N) is 4. The highest BCUT2D eigenvalue weighted by Crippen LogP contribution is 2.50. The number of rotatable bonds is 15. The Bertz CT molecular complexity index is 7630. The van der Waals surface area contributed by atoms with Crippen LogP contribution in [0.5, 0.6) is 0 Å². The summed E-state index contributed by atoms with van der Waals surface area (Å²) >= 11 is 0. The van der Waals surface area contributed by atoms with E-state index in [1.54, 1.807) is 0 Å². The zero-order chi connectivity index (χ0) is 78.7. The van der Waals surface area contributed by atoms with E-state index in [1.165, 1.54) is 32.7 Å². The van der Waals surface area contributed by atoms with E-state index in [4.69, 9.17) is 13.3 Å². The van der Waals surface area contributed by atoms with Crippen molar-refractivity contribution < 1.29 is 13.3 Å². The quantitative estimate of drug-likeness (QED) is 0.0948. The van der Waals surface area contributed by atoms with E-state index in [2.05, 4.69) is 456 Å². The van der Waals surface area contributed by atoms with Gasteiger partial charge in [-0.1, -0.05) is 273 Å². The highest BCUT2D eigenvalue weighted by molar-refractivity contribution is 6.32. The lowest BCUT2D eigenvalue weighted by Gasteiger charge is -2.28. The fraction of sp³-hybridized carbons (Fsp3) is 0. The number of hydrogen-bond donors (Lipinski definition) is 0. The van der Waals surface area contributed by atoms with Gasteiger partial charge in [0.1, 0.15) is 27.9 Å². The molecular weight excluding hydrogens is 1450 g/mol. The van der Waals surface area contributed by atoms with Crippen molar-refractivity contribution in [3.05, 3.63) is 449 Å². The zero-order valence-corrected chi connectivity index (χ0v) is 64.7. The summed E-state index contributed by atoms with van der Waals surface area (Å²) in [6.07, 6.45) is 0. The highest BCUT2D eigenvalue weighted by atomic mass is 16.3. The van der Waals surface area contributed by atoms with Gasteiger partial charge in [0.15, 0.2) is 5.58 Å². The van der Waals surface area contributed by atoms with Crippen molar-refractivity contribution >= 4 is 177 Å². The van der Waals surface area contributed by atoms with Crippen LogP contribution in [-0.4, -0.2) is 0 Å².